The number of aliphatic imine (C=N–C) groups is 1. The molecule has 0 bridgehead atoms. The Hall–Kier alpha value is -0.630. The molecular formula is C14H28N2. The fourth-order valence-corrected chi connectivity index (χ4v) is 1.81. The minimum Gasteiger partial charge on any atom is -0.314 e. The summed E-state index contributed by atoms with van der Waals surface area (Å²) >= 11 is 0. The first-order chi connectivity index (χ1) is 7.64. The van der Waals surface area contributed by atoms with Gasteiger partial charge in [0.2, 0.25) is 0 Å². The third-order valence-corrected chi connectivity index (χ3v) is 3.16. The Labute approximate surface area is 101 Å². The third-order valence-electron chi connectivity index (χ3n) is 3.16. The van der Waals surface area contributed by atoms with Crippen molar-refractivity contribution >= 4 is 6.21 Å². The topological polar surface area (TPSA) is 24.4 Å². The van der Waals surface area contributed by atoms with E-state index in [-0.39, 0.29) is 5.54 Å². The average molecular weight is 224 g/mol. The van der Waals surface area contributed by atoms with Gasteiger partial charge in [0.1, 0.15) is 0 Å². The Morgan fingerprint density at radius 1 is 1.19 bits per heavy atom. The molecule has 0 rings (SSSR count). The maximum atomic E-state index is 4.72. The molecule has 1 N–H and O–H groups in total. The first-order valence-electron chi connectivity index (χ1n) is 6.50. The monoisotopic (exact) mass is 224 g/mol. The lowest BCUT2D eigenvalue weighted by Gasteiger charge is -2.32. The van der Waals surface area contributed by atoms with Crippen LogP contribution < -0.4 is 5.32 Å². The SMILES string of the molecule is CC/C=C\C[C@@H](NC)C(C)(CC)/N=C\CC. The van der Waals surface area contributed by atoms with Gasteiger partial charge in [0.15, 0.2) is 0 Å². The summed E-state index contributed by atoms with van der Waals surface area (Å²) in [7, 11) is 2.03. The largest absolute Gasteiger partial charge is 0.314 e. The highest BCUT2D eigenvalue weighted by atomic mass is 15.0. The lowest BCUT2D eigenvalue weighted by molar-refractivity contribution is 0.327. The van der Waals surface area contributed by atoms with Crippen molar-refractivity contribution in [1.82, 2.24) is 5.32 Å². The molecule has 0 saturated carbocycles. The van der Waals surface area contributed by atoms with Gasteiger partial charge in [-0.3, -0.25) is 4.99 Å². The first kappa shape index (κ1) is 15.4. The zero-order chi connectivity index (χ0) is 12.4. The minimum absolute atomic E-state index is 0.0167. The zero-order valence-corrected chi connectivity index (χ0v) is 11.6. The molecule has 94 valence electrons. The first-order valence-corrected chi connectivity index (χ1v) is 6.50. The standard InChI is InChI=1S/C14H28N2/c1-6-9-10-11-13(15-5)14(4,8-3)16-12-7-2/h9-10,12-13,15H,6-8,11H2,1-5H3/b10-9-,16-12-/t13-,14?/m1/s1. The van der Waals surface area contributed by atoms with Gasteiger partial charge in [-0.05, 0) is 45.9 Å². The van der Waals surface area contributed by atoms with Crippen LogP contribution in [0, 0.1) is 0 Å². The van der Waals surface area contributed by atoms with Crippen LogP contribution in [0.25, 0.3) is 0 Å². The number of allylic oxidation sites excluding steroid dienone is 1. The predicted molar refractivity (Wildman–Crippen MR) is 74.4 cm³/mol. The summed E-state index contributed by atoms with van der Waals surface area (Å²) in [6, 6.07) is 0.420. The fraction of sp³-hybridized carbons (Fsp3) is 0.786. The van der Waals surface area contributed by atoms with E-state index in [9.17, 15) is 0 Å². The van der Waals surface area contributed by atoms with Gasteiger partial charge >= 0.3 is 0 Å². The molecule has 0 spiro atoms. The van der Waals surface area contributed by atoms with E-state index in [2.05, 4.69) is 45.2 Å². The van der Waals surface area contributed by atoms with Crippen molar-refractivity contribution in [3.63, 3.8) is 0 Å². The van der Waals surface area contributed by atoms with Crippen LogP contribution in [0.2, 0.25) is 0 Å². The molecule has 0 aliphatic carbocycles. The highest BCUT2D eigenvalue weighted by Gasteiger charge is 2.29. The van der Waals surface area contributed by atoms with Crippen LogP contribution in [0.5, 0.6) is 0 Å². The molecule has 16 heavy (non-hydrogen) atoms. The zero-order valence-electron chi connectivity index (χ0n) is 11.6. The maximum absolute atomic E-state index is 4.72. The van der Waals surface area contributed by atoms with Gasteiger partial charge in [-0.15, -0.1) is 0 Å². The van der Waals surface area contributed by atoms with E-state index in [4.69, 9.17) is 4.99 Å². The number of hydrogen-bond donors (Lipinski definition) is 1. The number of rotatable bonds is 8. The average Bonchev–Trinajstić information content (AvgIpc) is 2.31. The number of likely N-dealkylation sites (N-methyl/N-ethyl adjacent to an activating group) is 1. The maximum Gasteiger partial charge on any atom is 0.0728 e. The summed E-state index contributed by atoms with van der Waals surface area (Å²) in [5.41, 5.74) is 0.0167. The normalized spacial score (nSPS) is 18.1. The smallest absolute Gasteiger partial charge is 0.0728 e. The number of nitrogens with one attached hydrogen (secondary N) is 1. The highest BCUT2D eigenvalue weighted by Crippen LogP contribution is 2.22. The molecule has 2 heteroatoms. The predicted octanol–water partition coefficient (Wildman–Crippen LogP) is 3.58. The Kier molecular flexibility index (Phi) is 8.18. The fourth-order valence-electron chi connectivity index (χ4n) is 1.81. The molecule has 2 atom stereocenters. The van der Waals surface area contributed by atoms with Crippen LogP contribution in [0.15, 0.2) is 17.1 Å². The van der Waals surface area contributed by atoms with Gasteiger partial charge < -0.3 is 5.32 Å². The van der Waals surface area contributed by atoms with Crippen LogP contribution in [-0.4, -0.2) is 24.8 Å². The van der Waals surface area contributed by atoms with E-state index >= 15 is 0 Å². The minimum atomic E-state index is 0.0167. The Balaban J connectivity index is 4.59. The molecule has 0 amide bonds. The van der Waals surface area contributed by atoms with Crippen molar-refractivity contribution < 1.29 is 0 Å². The summed E-state index contributed by atoms with van der Waals surface area (Å²) in [5, 5.41) is 3.40. The van der Waals surface area contributed by atoms with Crippen LogP contribution in [0.1, 0.15) is 53.4 Å². The summed E-state index contributed by atoms with van der Waals surface area (Å²) in [4.78, 5) is 4.72. The van der Waals surface area contributed by atoms with Crippen LogP contribution in [-0.2, 0) is 0 Å². The van der Waals surface area contributed by atoms with Crippen molar-refractivity contribution in [2.75, 3.05) is 7.05 Å². The lowest BCUT2D eigenvalue weighted by Crippen LogP contribution is -2.45. The van der Waals surface area contributed by atoms with Crippen LogP contribution in [0.4, 0.5) is 0 Å². The second-order valence-electron chi connectivity index (χ2n) is 4.39. The van der Waals surface area contributed by atoms with E-state index in [0.717, 1.165) is 25.7 Å². The van der Waals surface area contributed by atoms with Gasteiger partial charge in [0.25, 0.3) is 0 Å². The number of hydrogen-bond acceptors (Lipinski definition) is 2. The van der Waals surface area contributed by atoms with Crippen molar-refractivity contribution in [2.45, 2.75) is 65.0 Å². The summed E-state index contributed by atoms with van der Waals surface area (Å²) in [6.07, 6.45) is 10.8. The van der Waals surface area contributed by atoms with Gasteiger partial charge in [-0.2, -0.15) is 0 Å². The summed E-state index contributed by atoms with van der Waals surface area (Å²) in [6.45, 7) is 8.74. The molecule has 0 radical (unpaired) electrons. The quantitative estimate of drug-likeness (QED) is 0.494. The van der Waals surface area contributed by atoms with Gasteiger partial charge in [0, 0.05) is 6.04 Å². The van der Waals surface area contributed by atoms with Crippen molar-refractivity contribution in [3.05, 3.63) is 12.2 Å². The third kappa shape index (κ3) is 4.93. The van der Waals surface area contributed by atoms with Crippen LogP contribution >= 0.6 is 0 Å². The van der Waals surface area contributed by atoms with Crippen LogP contribution in [0.3, 0.4) is 0 Å². The molecule has 0 aliphatic rings. The molecule has 0 aliphatic heterocycles. The van der Waals surface area contributed by atoms with Gasteiger partial charge in [0.05, 0.1) is 5.54 Å². The van der Waals surface area contributed by atoms with Crippen molar-refractivity contribution in [2.24, 2.45) is 4.99 Å². The number of nitrogens with zero attached hydrogens (tertiary/aromatic N) is 1. The molecule has 0 aromatic carbocycles. The second kappa shape index (κ2) is 8.51. The van der Waals surface area contributed by atoms with E-state index in [1.807, 2.05) is 13.3 Å². The van der Waals surface area contributed by atoms with E-state index in [1.54, 1.807) is 0 Å². The molecule has 1 unspecified atom stereocenters. The van der Waals surface area contributed by atoms with Crippen molar-refractivity contribution in [3.8, 4) is 0 Å². The molecule has 0 aromatic rings. The Morgan fingerprint density at radius 3 is 2.31 bits per heavy atom. The highest BCUT2D eigenvalue weighted by molar-refractivity contribution is 5.57. The molecular weight excluding hydrogens is 196 g/mol. The summed E-state index contributed by atoms with van der Waals surface area (Å²) < 4.78 is 0. The molecule has 0 heterocycles. The molecule has 2 nitrogen and oxygen atoms in total. The van der Waals surface area contributed by atoms with Gasteiger partial charge in [-0.25, -0.2) is 0 Å². The lowest BCUT2D eigenvalue weighted by atomic mass is 9.87. The van der Waals surface area contributed by atoms with Crippen molar-refractivity contribution in [1.29, 1.82) is 0 Å². The van der Waals surface area contributed by atoms with E-state index < -0.39 is 0 Å². The molecule has 0 saturated heterocycles. The molecule has 0 fully saturated rings. The second-order valence-corrected chi connectivity index (χ2v) is 4.39. The summed E-state index contributed by atoms with van der Waals surface area (Å²) in [5.74, 6) is 0. The van der Waals surface area contributed by atoms with E-state index in [1.165, 1.54) is 0 Å². The molecule has 0 aromatic heterocycles. The Morgan fingerprint density at radius 2 is 1.88 bits per heavy atom. The Bertz CT molecular complexity index is 221. The van der Waals surface area contributed by atoms with E-state index in [0.29, 0.717) is 6.04 Å². The van der Waals surface area contributed by atoms with Gasteiger partial charge in [-0.1, -0.05) is 32.9 Å².